The number of aliphatic hydroxyl groups excluding tert-OH is 4. The van der Waals surface area contributed by atoms with Crippen molar-refractivity contribution < 1.29 is 25.2 Å². The molecule has 1 aromatic rings. The minimum absolute atomic E-state index is 0.542. The Bertz CT molecular complexity index is 415. The van der Waals surface area contributed by atoms with Gasteiger partial charge in [-0.2, -0.15) is 0 Å². The van der Waals surface area contributed by atoms with Gasteiger partial charge in [-0.05, 0) is 24.3 Å². The zero-order valence-electron chi connectivity index (χ0n) is 9.98. The summed E-state index contributed by atoms with van der Waals surface area (Å²) < 4.78 is 6.26. The number of rotatable bonds is 4. The van der Waals surface area contributed by atoms with Gasteiger partial charge in [-0.1, -0.05) is 15.9 Å². The highest BCUT2D eigenvalue weighted by atomic mass is 79.9. The molecule has 0 radical (unpaired) electrons. The summed E-state index contributed by atoms with van der Waals surface area (Å²) in [5, 5.41) is 40.9. The van der Waals surface area contributed by atoms with Gasteiger partial charge >= 0.3 is 0 Å². The third kappa shape index (κ3) is 3.25. The Kier molecular flexibility index (Phi) is 4.77. The van der Waals surface area contributed by atoms with E-state index in [0.29, 0.717) is 5.69 Å². The van der Waals surface area contributed by atoms with Crippen LogP contribution < -0.4 is 5.32 Å². The normalized spacial score (nSPS) is 32.3. The van der Waals surface area contributed by atoms with Crippen molar-refractivity contribution in [3.63, 3.8) is 0 Å². The molecule has 1 aliphatic heterocycles. The fraction of sp³-hybridized carbons (Fsp3) is 0.500. The summed E-state index contributed by atoms with van der Waals surface area (Å²) in [6.45, 7) is -0.542. The lowest BCUT2D eigenvalue weighted by molar-refractivity contribution is -0.0774. The summed E-state index contributed by atoms with van der Waals surface area (Å²) in [6, 6.07) is 7.20. The van der Waals surface area contributed by atoms with Crippen LogP contribution in [0.5, 0.6) is 0 Å². The minimum atomic E-state index is -1.25. The van der Waals surface area contributed by atoms with E-state index in [1.807, 2.05) is 12.1 Å². The van der Waals surface area contributed by atoms with Crippen LogP contribution in [0.3, 0.4) is 0 Å². The Hall–Kier alpha value is -0.700. The second kappa shape index (κ2) is 6.17. The number of hydrogen-bond donors (Lipinski definition) is 5. The molecular formula is C12H16BrNO5. The summed E-state index contributed by atoms with van der Waals surface area (Å²) in [5.74, 6) is 0. The molecule has 1 aromatic carbocycles. The van der Waals surface area contributed by atoms with E-state index in [2.05, 4.69) is 21.2 Å². The molecule has 19 heavy (non-hydrogen) atoms. The van der Waals surface area contributed by atoms with E-state index in [1.54, 1.807) is 12.1 Å². The van der Waals surface area contributed by atoms with Crippen LogP contribution in [0.1, 0.15) is 0 Å². The van der Waals surface area contributed by atoms with E-state index < -0.39 is 37.3 Å². The molecule has 0 unspecified atom stereocenters. The van der Waals surface area contributed by atoms with E-state index in [9.17, 15) is 15.3 Å². The van der Waals surface area contributed by atoms with Crippen molar-refractivity contribution in [2.75, 3.05) is 11.9 Å². The lowest BCUT2D eigenvalue weighted by Gasteiger charge is -2.19. The molecule has 6 nitrogen and oxygen atoms in total. The molecule has 5 atom stereocenters. The molecule has 1 fully saturated rings. The van der Waals surface area contributed by atoms with Crippen molar-refractivity contribution >= 4 is 21.6 Å². The van der Waals surface area contributed by atoms with E-state index in [0.717, 1.165) is 4.47 Å². The van der Waals surface area contributed by atoms with Crippen LogP contribution in [-0.2, 0) is 4.74 Å². The third-order valence-electron chi connectivity index (χ3n) is 3.02. The average Bonchev–Trinajstić information content (AvgIpc) is 2.69. The van der Waals surface area contributed by atoms with Crippen LogP contribution in [0.25, 0.3) is 0 Å². The molecule has 0 spiro atoms. The van der Waals surface area contributed by atoms with E-state index in [4.69, 9.17) is 9.84 Å². The first kappa shape index (κ1) is 14.7. The highest BCUT2D eigenvalue weighted by Crippen LogP contribution is 2.25. The fourth-order valence-electron chi connectivity index (χ4n) is 1.96. The molecule has 5 N–H and O–H groups in total. The summed E-state index contributed by atoms with van der Waals surface area (Å²) in [4.78, 5) is 0. The standard InChI is InChI=1S/C12H16BrNO5/c13-6-1-3-7(4-2-6)14-12-10(18)9(17)11(19-12)8(16)5-15/h1-4,8-12,14-18H,5H2/t8-,9+,10+,11-,12-/m0/s1. The predicted octanol–water partition coefficient (Wildman–Crippen LogP) is -0.339. The number of nitrogens with one attached hydrogen (secondary N) is 1. The zero-order chi connectivity index (χ0) is 14.0. The first-order valence-electron chi connectivity index (χ1n) is 5.85. The van der Waals surface area contributed by atoms with Gasteiger partial charge in [0.2, 0.25) is 0 Å². The Labute approximate surface area is 118 Å². The van der Waals surface area contributed by atoms with Gasteiger partial charge in [0.1, 0.15) is 24.4 Å². The van der Waals surface area contributed by atoms with Crippen molar-refractivity contribution in [1.29, 1.82) is 0 Å². The molecule has 1 heterocycles. The number of hydrogen-bond acceptors (Lipinski definition) is 6. The molecule has 7 heteroatoms. The quantitative estimate of drug-likeness (QED) is 0.516. The summed E-state index contributed by atoms with van der Waals surface area (Å²) in [7, 11) is 0. The lowest BCUT2D eigenvalue weighted by atomic mass is 10.1. The van der Waals surface area contributed by atoms with E-state index in [-0.39, 0.29) is 0 Å². The fourth-order valence-corrected chi connectivity index (χ4v) is 2.22. The van der Waals surface area contributed by atoms with Crippen LogP contribution >= 0.6 is 15.9 Å². The second-order valence-corrected chi connectivity index (χ2v) is 5.32. The van der Waals surface area contributed by atoms with Gasteiger partial charge in [0.25, 0.3) is 0 Å². The number of halogens is 1. The Morgan fingerprint density at radius 3 is 2.42 bits per heavy atom. The van der Waals surface area contributed by atoms with Crippen LogP contribution in [0.15, 0.2) is 28.7 Å². The van der Waals surface area contributed by atoms with Gasteiger partial charge in [-0.25, -0.2) is 0 Å². The SMILES string of the molecule is OC[C@H](O)[C@@H]1O[C@H](Nc2ccc(Br)cc2)[C@H](O)[C@H]1O. The maximum atomic E-state index is 9.85. The molecule has 0 aliphatic carbocycles. The maximum absolute atomic E-state index is 9.85. The van der Waals surface area contributed by atoms with Crippen LogP contribution in [0, 0.1) is 0 Å². The number of aliphatic hydroxyl groups is 4. The Balaban J connectivity index is 2.03. The number of anilines is 1. The molecule has 0 saturated carbocycles. The van der Waals surface area contributed by atoms with Crippen LogP contribution in [0.4, 0.5) is 5.69 Å². The molecule has 2 rings (SSSR count). The Morgan fingerprint density at radius 1 is 1.21 bits per heavy atom. The number of ether oxygens (including phenoxy) is 1. The zero-order valence-corrected chi connectivity index (χ0v) is 11.6. The van der Waals surface area contributed by atoms with Crippen molar-refractivity contribution in [3.8, 4) is 0 Å². The lowest BCUT2D eigenvalue weighted by Crippen LogP contribution is -2.40. The number of benzene rings is 1. The topological polar surface area (TPSA) is 102 Å². The van der Waals surface area contributed by atoms with E-state index >= 15 is 0 Å². The molecule has 1 aliphatic rings. The van der Waals surface area contributed by atoms with Crippen molar-refractivity contribution in [2.45, 2.75) is 30.6 Å². The third-order valence-corrected chi connectivity index (χ3v) is 3.55. The van der Waals surface area contributed by atoms with E-state index in [1.165, 1.54) is 0 Å². The summed E-state index contributed by atoms with van der Waals surface area (Å²) >= 11 is 3.31. The average molecular weight is 334 g/mol. The van der Waals surface area contributed by atoms with Crippen molar-refractivity contribution in [3.05, 3.63) is 28.7 Å². The van der Waals surface area contributed by atoms with Crippen LogP contribution in [-0.4, -0.2) is 57.7 Å². The van der Waals surface area contributed by atoms with Gasteiger partial charge in [-0.3, -0.25) is 0 Å². The molecule has 106 valence electrons. The largest absolute Gasteiger partial charge is 0.394 e. The van der Waals surface area contributed by atoms with Gasteiger partial charge in [0.15, 0.2) is 6.23 Å². The molecule has 1 saturated heterocycles. The van der Waals surface area contributed by atoms with Gasteiger partial charge < -0.3 is 30.5 Å². The second-order valence-electron chi connectivity index (χ2n) is 4.40. The maximum Gasteiger partial charge on any atom is 0.157 e. The monoisotopic (exact) mass is 333 g/mol. The molecular weight excluding hydrogens is 318 g/mol. The molecule has 0 amide bonds. The summed E-state index contributed by atoms with van der Waals surface area (Å²) in [5.41, 5.74) is 0.707. The highest BCUT2D eigenvalue weighted by molar-refractivity contribution is 9.10. The smallest absolute Gasteiger partial charge is 0.157 e. The first-order chi connectivity index (χ1) is 9.02. The van der Waals surface area contributed by atoms with Crippen molar-refractivity contribution in [1.82, 2.24) is 0 Å². The predicted molar refractivity (Wildman–Crippen MR) is 71.5 cm³/mol. The summed E-state index contributed by atoms with van der Waals surface area (Å²) in [6.07, 6.45) is -5.54. The molecule has 0 bridgehead atoms. The first-order valence-corrected chi connectivity index (χ1v) is 6.65. The van der Waals surface area contributed by atoms with Gasteiger partial charge in [0, 0.05) is 10.2 Å². The minimum Gasteiger partial charge on any atom is -0.394 e. The van der Waals surface area contributed by atoms with Crippen LogP contribution in [0.2, 0.25) is 0 Å². The Morgan fingerprint density at radius 2 is 1.84 bits per heavy atom. The van der Waals surface area contributed by atoms with Gasteiger partial charge in [-0.15, -0.1) is 0 Å². The van der Waals surface area contributed by atoms with Gasteiger partial charge in [0.05, 0.1) is 6.61 Å². The van der Waals surface area contributed by atoms with Crippen molar-refractivity contribution in [2.24, 2.45) is 0 Å². The highest BCUT2D eigenvalue weighted by Gasteiger charge is 2.45. The molecule has 0 aromatic heterocycles.